The molecule has 2 atom stereocenters. The van der Waals surface area contributed by atoms with Gasteiger partial charge in [0.15, 0.2) is 0 Å². The predicted octanol–water partition coefficient (Wildman–Crippen LogP) is 2.77. The van der Waals surface area contributed by atoms with Crippen molar-refractivity contribution in [2.24, 2.45) is 11.8 Å². The molecule has 5 nitrogen and oxygen atoms in total. The van der Waals surface area contributed by atoms with Crippen LogP contribution in [0.2, 0.25) is 5.02 Å². The molecule has 0 aromatic heterocycles. The van der Waals surface area contributed by atoms with E-state index < -0.39 is 0 Å². The van der Waals surface area contributed by atoms with Gasteiger partial charge in [0.1, 0.15) is 5.78 Å². The molecule has 1 aliphatic rings. The molecule has 22 heavy (non-hydrogen) atoms. The van der Waals surface area contributed by atoms with Gasteiger partial charge in [-0.3, -0.25) is 14.9 Å². The monoisotopic (exact) mass is 322 g/mol. The number of piperidine rings is 1. The molecular weight excluding hydrogens is 304 g/mol. The number of benzene rings is 1. The van der Waals surface area contributed by atoms with Crippen molar-refractivity contribution in [3.63, 3.8) is 0 Å². The van der Waals surface area contributed by atoms with Crippen molar-refractivity contribution >= 4 is 23.5 Å². The summed E-state index contributed by atoms with van der Waals surface area (Å²) in [4.78, 5) is 24.7. The summed E-state index contributed by atoms with van der Waals surface area (Å²) in [5.41, 5.74) is 0.911. The number of Topliss-reactive ketones (excluding diaryl/α,β-unsaturated/α-hetero) is 1. The summed E-state index contributed by atoms with van der Waals surface area (Å²) in [6.45, 7) is 1.07. The third kappa shape index (κ3) is 4.64. The van der Waals surface area contributed by atoms with Crippen molar-refractivity contribution in [1.29, 1.82) is 0 Å². The van der Waals surface area contributed by atoms with E-state index in [1.165, 1.54) is 0 Å². The lowest BCUT2D eigenvalue weighted by Gasteiger charge is -2.31. The van der Waals surface area contributed by atoms with E-state index in [2.05, 4.69) is 4.90 Å². The Morgan fingerprint density at radius 2 is 2.14 bits per heavy atom. The number of halogens is 1. The summed E-state index contributed by atoms with van der Waals surface area (Å²) in [6.07, 6.45) is 4.07. The van der Waals surface area contributed by atoms with Crippen molar-refractivity contribution in [3.05, 3.63) is 51.0 Å². The fourth-order valence-electron chi connectivity index (χ4n) is 2.69. The highest BCUT2D eigenvalue weighted by atomic mass is 35.5. The number of hydrogen-bond acceptors (Lipinski definition) is 4. The average molecular weight is 323 g/mol. The Hall–Kier alpha value is -1.72. The molecule has 0 unspecified atom stereocenters. The summed E-state index contributed by atoms with van der Waals surface area (Å²) in [6, 6.07) is 7.22. The first-order valence-corrected chi connectivity index (χ1v) is 7.60. The highest BCUT2D eigenvalue weighted by Gasteiger charge is 2.33. The number of rotatable bonds is 5. The summed E-state index contributed by atoms with van der Waals surface area (Å²) in [5, 5.41) is 11.6. The first-order valence-electron chi connectivity index (χ1n) is 7.22. The van der Waals surface area contributed by atoms with Crippen LogP contribution in [0, 0.1) is 22.0 Å². The average Bonchev–Trinajstić information content (AvgIpc) is 2.47. The van der Waals surface area contributed by atoms with Gasteiger partial charge in [0.05, 0.1) is 5.92 Å². The molecule has 2 rings (SSSR count). The number of carbonyl (C=O) groups is 1. The van der Waals surface area contributed by atoms with Crippen LogP contribution in [0.4, 0.5) is 0 Å². The van der Waals surface area contributed by atoms with Crippen molar-refractivity contribution < 1.29 is 9.72 Å². The molecule has 1 saturated heterocycles. The zero-order valence-corrected chi connectivity index (χ0v) is 13.2. The van der Waals surface area contributed by atoms with E-state index in [-0.39, 0.29) is 29.1 Å². The van der Waals surface area contributed by atoms with Crippen LogP contribution >= 0.6 is 11.6 Å². The van der Waals surface area contributed by atoms with Gasteiger partial charge in [0.25, 0.3) is 0 Å². The highest BCUT2D eigenvalue weighted by molar-refractivity contribution is 6.30. The molecule has 0 amide bonds. The molecule has 1 fully saturated rings. The number of ketones is 1. The van der Waals surface area contributed by atoms with Crippen LogP contribution in [0.1, 0.15) is 12.0 Å². The first kappa shape index (κ1) is 16.6. The van der Waals surface area contributed by atoms with E-state index in [9.17, 15) is 14.9 Å². The molecule has 0 N–H and O–H groups in total. The zero-order chi connectivity index (χ0) is 16.1. The zero-order valence-electron chi connectivity index (χ0n) is 12.4. The number of nitrogens with zero attached hydrogens (tertiary/aromatic N) is 2. The Balaban J connectivity index is 2.16. The fraction of sp³-hybridized carbons (Fsp3) is 0.438. The Morgan fingerprint density at radius 3 is 2.77 bits per heavy atom. The molecule has 0 aliphatic carbocycles. The van der Waals surface area contributed by atoms with E-state index >= 15 is 0 Å². The lowest BCUT2D eigenvalue weighted by molar-refractivity contribution is -0.487. The Kier molecular flexibility index (Phi) is 5.69. The number of nitro groups is 1. The molecule has 1 heterocycles. The van der Waals surface area contributed by atoms with Gasteiger partial charge < -0.3 is 4.90 Å². The first-order chi connectivity index (χ1) is 10.5. The lowest BCUT2D eigenvalue weighted by Crippen LogP contribution is -2.43. The van der Waals surface area contributed by atoms with Gasteiger partial charge in [-0.05, 0) is 24.7 Å². The maximum atomic E-state index is 12.1. The van der Waals surface area contributed by atoms with Crippen molar-refractivity contribution in [1.82, 2.24) is 4.90 Å². The van der Waals surface area contributed by atoms with E-state index in [4.69, 9.17) is 11.6 Å². The van der Waals surface area contributed by atoms with Crippen LogP contribution in [0.25, 0.3) is 6.08 Å². The molecule has 6 heteroatoms. The van der Waals surface area contributed by atoms with Gasteiger partial charge in [0, 0.05) is 35.4 Å². The van der Waals surface area contributed by atoms with Crippen molar-refractivity contribution in [2.45, 2.75) is 6.42 Å². The Labute approximate surface area is 134 Å². The molecular formula is C16H19ClN2O3. The predicted molar refractivity (Wildman–Crippen MR) is 86.4 cm³/mol. The van der Waals surface area contributed by atoms with Gasteiger partial charge in [-0.25, -0.2) is 0 Å². The van der Waals surface area contributed by atoms with Crippen LogP contribution in [0.15, 0.2) is 30.3 Å². The molecule has 0 radical (unpaired) electrons. The highest BCUT2D eigenvalue weighted by Crippen LogP contribution is 2.23. The SMILES string of the molecule is CN1CCC(=O)[C@H]([C@H](/C=C/c2ccc(Cl)cc2)C[N+](=O)[O-])C1. The summed E-state index contributed by atoms with van der Waals surface area (Å²) < 4.78 is 0. The second-order valence-electron chi connectivity index (χ2n) is 5.67. The van der Waals surface area contributed by atoms with Gasteiger partial charge in [0.2, 0.25) is 6.54 Å². The van der Waals surface area contributed by atoms with Gasteiger partial charge >= 0.3 is 0 Å². The molecule has 1 aromatic rings. The maximum absolute atomic E-state index is 12.1. The van der Waals surface area contributed by atoms with Crippen LogP contribution < -0.4 is 0 Å². The summed E-state index contributed by atoms with van der Waals surface area (Å²) in [7, 11) is 1.94. The molecule has 118 valence electrons. The summed E-state index contributed by atoms with van der Waals surface area (Å²) in [5.74, 6) is -0.584. The minimum atomic E-state index is -0.388. The molecule has 1 aromatic carbocycles. The summed E-state index contributed by atoms with van der Waals surface area (Å²) >= 11 is 5.84. The lowest BCUT2D eigenvalue weighted by atomic mass is 9.84. The number of hydrogen-bond donors (Lipinski definition) is 0. The fourth-order valence-corrected chi connectivity index (χ4v) is 2.82. The third-order valence-electron chi connectivity index (χ3n) is 3.94. The molecule has 0 saturated carbocycles. The number of likely N-dealkylation sites (tertiary alicyclic amines) is 1. The molecule has 0 spiro atoms. The van der Waals surface area contributed by atoms with Crippen molar-refractivity contribution in [3.8, 4) is 0 Å². The quantitative estimate of drug-likeness (QED) is 0.617. The van der Waals surface area contributed by atoms with Crippen LogP contribution in [0.3, 0.4) is 0 Å². The Bertz CT molecular complexity index is 571. The minimum Gasteiger partial charge on any atom is -0.305 e. The van der Waals surface area contributed by atoms with Crippen molar-refractivity contribution in [2.75, 3.05) is 26.7 Å². The maximum Gasteiger partial charge on any atom is 0.210 e. The van der Waals surface area contributed by atoms with E-state index in [1.54, 1.807) is 18.2 Å². The number of carbonyl (C=O) groups excluding carboxylic acids is 1. The normalized spacial score (nSPS) is 21.2. The smallest absolute Gasteiger partial charge is 0.210 e. The molecule has 0 bridgehead atoms. The van der Waals surface area contributed by atoms with E-state index in [0.717, 1.165) is 12.1 Å². The second-order valence-corrected chi connectivity index (χ2v) is 6.11. The van der Waals surface area contributed by atoms with Crippen LogP contribution in [-0.2, 0) is 4.79 Å². The van der Waals surface area contributed by atoms with Crippen LogP contribution in [-0.4, -0.2) is 42.3 Å². The minimum absolute atomic E-state index is 0.116. The van der Waals surface area contributed by atoms with Gasteiger partial charge in [-0.2, -0.15) is 0 Å². The topological polar surface area (TPSA) is 63.5 Å². The van der Waals surface area contributed by atoms with Crippen LogP contribution in [0.5, 0.6) is 0 Å². The van der Waals surface area contributed by atoms with Gasteiger partial charge in [-0.15, -0.1) is 0 Å². The van der Waals surface area contributed by atoms with E-state index in [0.29, 0.717) is 18.0 Å². The molecule has 1 aliphatic heterocycles. The largest absolute Gasteiger partial charge is 0.305 e. The third-order valence-corrected chi connectivity index (χ3v) is 4.20. The Morgan fingerprint density at radius 1 is 1.45 bits per heavy atom. The standard InChI is InChI=1S/C16H19ClN2O3/c1-18-9-8-16(20)15(11-18)13(10-19(21)22)5-2-12-3-6-14(17)7-4-12/h2-7,13,15H,8-11H2,1H3/b5-2+/t13-,15+/m1/s1. The van der Waals surface area contributed by atoms with E-state index in [1.807, 2.05) is 25.3 Å². The van der Waals surface area contributed by atoms with Gasteiger partial charge in [-0.1, -0.05) is 35.9 Å². The second kappa shape index (κ2) is 7.51.